The van der Waals surface area contributed by atoms with E-state index in [2.05, 4.69) is 88.8 Å². The van der Waals surface area contributed by atoms with Crippen LogP contribution in [0.4, 0.5) is 5.69 Å². The molecule has 0 aliphatic rings. The number of benzene rings is 3. The molecule has 100 valence electrons. The SMILES string of the molecule is Cc1cc(Br)cc(NCc2cccc3ccccc23)c1. The number of anilines is 1. The van der Waals surface area contributed by atoms with E-state index in [4.69, 9.17) is 0 Å². The second-order valence-corrected chi connectivity index (χ2v) is 5.92. The Morgan fingerprint density at radius 1 is 0.950 bits per heavy atom. The van der Waals surface area contributed by atoms with Crippen molar-refractivity contribution >= 4 is 32.4 Å². The zero-order valence-corrected chi connectivity index (χ0v) is 12.9. The van der Waals surface area contributed by atoms with Crippen molar-refractivity contribution in [2.24, 2.45) is 0 Å². The average molecular weight is 326 g/mol. The first kappa shape index (κ1) is 13.2. The highest BCUT2D eigenvalue weighted by Gasteiger charge is 2.01. The van der Waals surface area contributed by atoms with Crippen LogP contribution < -0.4 is 5.32 Å². The average Bonchev–Trinajstić information content (AvgIpc) is 2.44. The normalized spacial score (nSPS) is 10.7. The molecule has 3 rings (SSSR count). The van der Waals surface area contributed by atoms with Gasteiger partial charge < -0.3 is 5.32 Å². The van der Waals surface area contributed by atoms with E-state index in [9.17, 15) is 0 Å². The fraction of sp³-hybridized carbons (Fsp3) is 0.111. The van der Waals surface area contributed by atoms with Gasteiger partial charge in [-0.1, -0.05) is 58.4 Å². The zero-order valence-electron chi connectivity index (χ0n) is 11.4. The van der Waals surface area contributed by atoms with Crippen LogP contribution in [0.2, 0.25) is 0 Å². The van der Waals surface area contributed by atoms with Crippen LogP contribution >= 0.6 is 15.9 Å². The molecule has 0 spiro atoms. The van der Waals surface area contributed by atoms with E-state index in [0.717, 1.165) is 16.7 Å². The molecule has 0 aliphatic heterocycles. The van der Waals surface area contributed by atoms with Gasteiger partial charge in [0, 0.05) is 16.7 Å². The number of fused-ring (bicyclic) bond motifs is 1. The van der Waals surface area contributed by atoms with Crippen LogP contribution in [0.1, 0.15) is 11.1 Å². The van der Waals surface area contributed by atoms with Gasteiger partial charge in [0.2, 0.25) is 0 Å². The van der Waals surface area contributed by atoms with E-state index < -0.39 is 0 Å². The Kier molecular flexibility index (Phi) is 3.75. The first-order valence-electron chi connectivity index (χ1n) is 6.70. The molecule has 0 amide bonds. The Morgan fingerprint density at radius 2 is 1.75 bits per heavy atom. The summed E-state index contributed by atoms with van der Waals surface area (Å²) in [6, 6.07) is 21.3. The summed E-state index contributed by atoms with van der Waals surface area (Å²) in [6.07, 6.45) is 0. The third-order valence-electron chi connectivity index (χ3n) is 3.41. The molecule has 0 aromatic heterocycles. The van der Waals surface area contributed by atoms with E-state index in [0.29, 0.717) is 0 Å². The Labute approximate surface area is 127 Å². The summed E-state index contributed by atoms with van der Waals surface area (Å²) in [4.78, 5) is 0. The number of hydrogen-bond donors (Lipinski definition) is 1. The quantitative estimate of drug-likeness (QED) is 0.668. The minimum absolute atomic E-state index is 0.831. The molecular weight excluding hydrogens is 310 g/mol. The first-order chi connectivity index (χ1) is 9.72. The molecule has 0 atom stereocenters. The molecule has 0 bridgehead atoms. The van der Waals surface area contributed by atoms with Crippen molar-refractivity contribution in [3.05, 3.63) is 76.3 Å². The second-order valence-electron chi connectivity index (χ2n) is 5.01. The number of hydrogen-bond acceptors (Lipinski definition) is 1. The molecule has 3 aromatic rings. The minimum Gasteiger partial charge on any atom is -0.381 e. The standard InChI is InChI=1S/C18H16BrN/c1-13-9-16(19)11-17(10-13)20-12-15-7-4-6-14-5-2-3-8-18(14)15/h2-11,20H,12H2,1H3. The Hall–Kier alpha value is -1.80. The number of nitrogens with one attached hydrogen (secondary N) is 1. The van der Waals surface area contributed by atoms with Crippen LogP contribution in [0, 0.1) is 6.92 Å². The van der Waals surface area contributed by atoms with Crippen molar-refractivity contribution in [3.8, 4) is 0 Å². The molecule has 0 aliphatic carbocycles. The maximum absolute atomic E-state index is 3.54. The third-order valence-corrected chi connectivity index (χ3v) is 3.86. The highest BCUT2D eigenvalue weighted by Crippen LogP contribution is 2.22. The summed E-state index contributed by atoms with van der Waals surface area (Å²) < 4.78 is 1.11. The zero-order chi connectivity index (χ0) is 13.9. The maximum Gasteiger partial charge on any atom is 0.0406 e. The molecule has 0 unspecified atom stereocenters. The topological polar surface area (TPSA) is 12.0 Å². The molecule has 0 saturated carbocycles. The Morgan fingerprint density at radius 3 is 2.60 bits per heavy atom. The number of halogens is 1. The van der Waals surface area contributed by atoms with Crippen molar-refractivity contribution in [3.63, 3.8) is 0 Å². The highest BCUT2D eigenvalue weighted by atomic mass is 79.9. The van der Waals surface area contributed by atoms with Crippen LogP contribution in [-0.4, -0.2) is 0 Å². The third kappa shape index (κ3) is 2.86. The summed E-state index contributed by atoms with van der Waals surface area (Å²) in [5, 5.41) is 6.11. The molecule has 20 heavy (non-hydrogen) atoms. The monoisotopic (exact) mass is 325 g/mol. The fourth-order valence-corrected chi connectivity index (χ4v) is 3.09. The van der Waals surface area contributed by atoms with Crippen LogP contribution in [-0.2, 0) is 6.54 Å². The van der Waals surface area contributed by atoms with E-state index in [-0.39, 0.29) is 0 Å². The lowest BCUT2D eigenvalue weighted by Gasteiger charge is -2.10. The smallest absolute Gasteiger partial charge is 0.0406 e. The molecule has 0 saturated heterocycles. The molecule has 1 nitrogen and oxygen atoms in total. The predicted molar refractivity (Wildman–Crippen MR) is 90.2 cm³/mol. The van der Waals surface area contributed by atoms with Crippen molar-refractivity contribution < 1.29 is 0 Å². The number of rotatable bonds is 3. The van der Waals surface area contributed by atoms with Crippen molar-refractivity contribution in [1.29, 1.82) is 0 Å². The van der Waals surface area contributed by atoms with Gasteiger partial charge >= 0.3 is 0 Å². The van der Waals surface area contributed by atoms with E-state index >= 15 is 0 Å². The summed E-state index contributed by atoms with van der Waals surface area (Å²) in [5.74, 6) is 0. The number of aryl methyl sites for hydroxylation is 1. The van der Waals surface area contributed by atoms with Crippen molar-refractivity contribution in [2.45, 2.75) is 13.5 Å². The van der Waals surface area contributed by atoms with Gasteiger partial charge in [0.1, 0.15) is 0 Å². The summed E-state index contributed by atoms with van der Waals surface area (Å²) in [6.45, 7) is 2.94. The van der Waals surface area contributed by atoms with E-state index in [1.54, 1.807) is 0 Å². The maximum atomic E-state index is 3.54. The van der Waals surface area contributed by atoms with Crippen molar-refractivity contribution in [1.82, 2.24) is 0 Å². The lowest BCUT2D eigenvalue weighted by Crippen LogP contribution is -2.00. The van der Waals surface area contributed by atoms with Crippen LogP contribution in [0.25, 0.3) is 10.8 Å². The van der Waals surface area contributed by atoms with Gasteiger partial charge in [-0.05, 0) is 47.0 Å². The Bertz CT molecular complexity index is 724. The molecule has 0 radical (unpaired) electrons. The van der Waals surface area contributed by atoms with Gasteiger partial charge in [0.05, 0.1) is 0 Å². The largest absolute Gasteiger partial charge is 0.381 e. The van der Waals surface area contributed by atoms with Crippen molar-refractivity contribution in [2.75, 3.05) is 5.32 Å². The van der Waals surface area contributed by atoms with Gasteiger partial charge in [-0.2, -0.15) is 0 Å². The first-order valence-corrected chi connectivity index (χ1v) is 7.49. The van der Waals surface area contributed by atoms with Gasteiger partial charge in [-0.25, -0.2) is 0 Å². The summed E-state index contributed by atoms with van der Waals surface area (Å²) >= 11 is 3.54. The lowest BCUT2D eigenvalue weighted by atomic mass is 10.0. The Balaban J connectivity index is 1.87. The predicted octanol–water partition coefficient (Wildman–Crippen LogP) is 5.52. The second kappa shape index (κ2) is 5.68. The van der Waals surface area contributed by atoms with Gasteiger partial charge in [-0.3, -0.25) is 0 Å². The molecular formula is C18H16BrN. The van der Waals surface area contributed by atoms with E-state index in [1.807, 2.05) is 0 Å². The van der Waals surface area contributed by atoms with Crippen LogP contribution in [0.15, 0.2) is 65.1 Å². The van der Waals surface area contributed by atoms with Gasteiger partial charge in [0.25, 0.3) is 0 Å². The molecule has 2 heteroatoms. The summed E-state index contributed by atoms with van der Waals surface area (Å²) in [5.41, 5.74) is 3.71. The van der Waals surface area contributed by atoms with Crippen LogP contribution in [0.5, 0.6) is 0 Å². The van der Waals surface area contributed by atoms with E-state index in [1.165, 1.54) is 21.9 Å². The summed E-state index contributed by atoms with van der Waals surface area (Å²) in [7, 11) is 0. The molecule has 0 heterocycles. The fourth-order valence-electron chi connectivity index (χ4n) is 2.48. The van der Waals surface area contributed by atoms with Gasteiger partial charge in [-0.15, -0.1) is 0 Å². The molecule has 1 N–H and O–H groups in total. The molecule has 0 fully saturated rings. The highest BCUT2D eigenvalue weighted by molar-refractivity contribution is 9.10. The van der Waals surface area contributed by atoms with Crippen LogP contribution in [0.3, 0.4) is 0 Å². The van der Waals surface area contributed by atoms with Gasteiger partial charge in [0.15, 0.2) is 0 Å². The molecule has 3 aromatic carbocycles. The minimum atomic E-state index is 0.831. The lowest BCUT2D eigenvalue weighted by molar-refractivity contribution is 1.16.